The lowest BCUT2D eigenvalue weighted by Crippen LogP contribution is -1.96. The second kappa shape index (κ2) is 6.92. The molecule has 0 unspecified atom stereocenters. The second-order valence-electron chi connectivity index (χ2n) is 5.31. The smallest absolute Gasteiger partial charge is 0.119 e. The number of anilines is 1. The van der Waals surface area contributed by atoms with Gasteiger partial charge in [0.2, 0.25) is 0 Å². The highest BCUT2D eigenvalue weighted by Gasteiger charge is 2.05. The zero-order chi connectivity index (χ0) is 16.1. The van der Waals surface area contributed by atoms with Crippen LogP contribution < -0.4 is 10.2 Å². The minimum atomic E-state index is 0.791. The number of fused-ring (bicyclic) bond motifs is 1. The molecule has 0 spiro atoms. The molecular formula is C19H19N3O. The molecule has 0 aliphatic carbocycles. The maximum absolute atomic E-state index is 5.30. The molecule has 23 heavy (non-hydrogen) atoms. The van der Waals surface area contributed by atoms with Crippen LogP contribution in [-0.4, -0.2) is 18.3 Å². The maximum Gasteiger partial charge on any atom is 0.119 e. The number of nitrogens with one attached hydrogen (secondary N) is 1. The van der Waals surface area contributed by atoms with Crippen molar-refractivity contribution < 1.29 is 4.74 Å². The molecule has 4 nitrogen and oxygen atoms in total. The van der Waals surface area contributed by atoms with Crippen molar-refractivity contribution in [3.8, 4) is 5.75 Å². The predicted molar refractivity (Wildman–Crippen MR) is 95.3 cm³/mol. The third-order valence-corrected chi connectivity index (χ3v) is 3.59. The Labute approximate surface area is 135 Å². The van der Waals surface area contributed by atoms with Crippen LogP contribution in [0.3, 0.4) is 0 Å². The van der Waals surface area contributed by atoms with Crippen LogP contribution in [0.2, 0.25) is 0 Å². The molecule has 3 rings (SSSR count). The van der Waals surface area contributed by atoms with Crippen LogP contribution in [-0.2, 0) is 6.42 Å². The summed E-state index contributed by atoms with van der Waals surface area (Å²) in [6, 6.07) is 18.1. The molecule has 0 atom stereocenters. The van der Waals surface area contributed by atoms with E-state index in [1.807, 2.05) is 55.6 Å². The van der Waals surface area contributed by atoms with Gasteiger partial charge in [-0.15, -0.1) is 0 Å². The number of nitrogens with zero attached hydrogens (tertiary/aromatic N) is 2. The van der Waals surface area contributed by atoms with Crippen molar-refractivity contribution in [1.29, 1.82) is 0 Å². The SMILES string of the molecule is COc1ccc2nc(C)cc(N/N=C/Cc3ccccc3)c2c1. The van der Waals surface area contributed by atoms with Gasteiger partial charge in [-0.1, -0.05) is 30.3 Å². The van der Waals surface area contributed by atoms with Crippen LogP contribution in [0.4, 0.5) is 5.69 Å². The van der Waals surface area contributed by atoms with E-state index in [1.165, 1.54) is 5.56 Å². The van der Waals surface area contributed by atoms with E-state index in [-0.39, 0.29) is 0 Å². The highest BCUT2D eigenvalue weighted by molar-refractivity contribution is 5.92. The minimum Gasteiger partial charge on any atom is -0.497 e. The lowest BCUT2D eigenvalue weighted by atomic mass is 10.1. The number of aryl methyl sites for hydroxylation is 1. The Morgan fingerprint density at radius 1 is 1.13 bits per heavy atom. The molecule has 1 heterocycles. The van der Waals surface area contributed by atoms with Gasteiger partial charge in [-0.25, -0.2) is 0 Å². The first-order valence-corrected chi connectivity index (χ1v) is 7.53. The van der Waals surface area contributed by atoms with Crippen LogP contribution in [0.25, 0.3) is 10.9 Å². The fraction of sp³-hybridized carbons (Fsp3) is 0.158. The van der Waals surface area contributed by atoms with Crippen molar-refractivity contribution in [2.45, 2.75) is 13.3 Å². The van der Waals surface area contributed by atoms with Crippen molar-refractivity contribution >= 4 is 22.8 Å². The average Bonchev–Trinajstić information content (AvgIpc) is 2.59. The summed E-state index contributed by atoms with van der Waals surface area (Å²) < 4.78 is 5.30. The summed E-state index contributed by atoms with van der Waals surface area (Å²) in [4.78, 5) is 4.54. The Bertz CT molecular complexity index is 829. The molecule has 0 amide bonds. The van der Waals surface area contributed by atoms with Gasteiger partial charge in [0.05, 0.1) is 18.3 Å². The molecule has 0 radical (unpaired) electrons. The van der Waals surface area contributed by atoms with Crippen LogP contribution in [0.5, 0.6) is 5.75 Å². The number of methoxy groups -OCH3 is 1. The number of hydrogen-bond donors (Lipinski definition) is 1. The fourth-order valence-corrected chi connectivity index (χ4v) is 2.44. The first kappa shape index (κ1) is 15.0. The van der Waals surface area contributed by atoms with Gasteiger partial charge in [0, 0.05) is 23.7 Å². The lowest BCUT2D eigenvalue weighted by molar-refractivity contribution is 0.415. The van der Waals surface area contributed by atoms with E-state index in [4.69, 9.17) is 4.74 Å². The molecule has 1 N–H and O–H groups in total. The van der Waals surface area contributed by atoms with Crippen LogP contribution in [0.15, 0.2) is 59.7 Å². The number of ether oxygens (including phenoxy) is 1. The van der Waals surface area contributed by atoms with E-state index >= 15 is 0 Å². The van der Waals surface area contributed by atoms with Gasteiger partial charge in [-0.2, -0.15) is 5.10 Å². The van der Waals surface area contributed by atoms with Crippen molar-refractivity contribution in [1.82, 2.24) is 4.98 Å². The average molecular weight is 305 g/mol. The molecule has 4 heteroatoms. The molecule has 0 aliphatic rings. The standard InChI is InChI=1S/C19H19N3O/c1-14-12-19(17-13-16(23-2)8-9-18(17)21-14)22-20-11-10-15-6-4-3-5-7-15/h3-9,11-13H,10H2,1-2H3,(H,21,22)/b20-11+. The van der Waals surface area contributed by atoms with Crippen LogP contribution >= 0.6 is 0 Å². The van der Waals surface area contributed by atoms with Crippen molar-refractivity contribution in [3.63, 3.8) is 0 Å². The van der Waals surface area contributed by atoms with Gasteiger partial charge in [0.15, 0.2) is 0 Å². The third kappa shape index (κ3) is 3.66. The van der Waals surface area contributed by atoms with E-state index < -0.39 is 0 Å². The molecule has 0 saturated heterocycles. The zero-order valence-electron chi connectivity index (χ0n) is 13.3. The summed E-state index contributed by atoms with van der Waals surface area (Å²) in [7, 11) is 1.66. The van der Waals surface area contributed by atoms with Gasteiger partial charge in [0.25, 0.3) is 0 Å². The number of pyridine rings is 1. The summed E-state index contributed by atoms with van der Waals surface area (Å²) in [5, 5.41) is 5.33. The Kier molecular flexibility index (Phi) is 4.52. The fourth-order valence-electron chi connectivity index (χ4n) is 2.44. The Balaban J connectivity index is 1.81. The molecule has 0 fully saturated rings. The van der Waals surface area contributed by atoms with Gasteiger partial charge < -0.3 is 4.74 Å². The summed E-state index contributed by atoms with van der Waals surface area (Å²) in [5.41, 5.74) is 7.15. The monoisotopic (exact) mass is 305 g/mol. The molecular weight excluding hydrogens is 286 g/mol. The van der Waals surface area contributed by atoms with Crippen molar-refractivity contribution in [2.75, 3.05) is 12.5 Å². The summed E-state index contributed by atoms with van der Waals surface area (Å²) in [6.45, 7) is 1.97. The molecule has 0 bridgehead atoms. The summed E-state index contributed by atoms with van der Waals surface area (Å²) >= 11 is 0. The van der Waals surface area contributed by atoms with Crippen LogP contribution in [0.1, 0.15) is 11.3 Å². The van der Waals surface area contributed by atoms with E-state index in [9.17, 15) is 0 Å². The quantitative estimate of drug-likeness (QED) is 0.568. The largest absolute Gasteiger partial charge is 0.497 e. The summed E-state index contributed by atoms with van der Waals surface area (Å²) in [5.74, 6) is 0.805. The van der Waals surface area contributed by atoms with Gasteiger partial charge in [-0.3, -0.25) is 10.4 Å². The zero-order valence-corrected chi connectivity index (χ0v) is 13.3. The predicted octanol–water partition coefficient (Wildman–Crippen LogP) is 4.19. The third-order valence-electron chi connectivity index (χ3n) is 3.59. The van der Waals surface area contributed by atoms with Gasteiger partial charge >= 0.3 is 0 Å². The first-order chi connectivity index (χ1) is 11.3. The molecule has 116 valence electrons. The maximum atomic E-state index is 5.30. The normalized spacial score (nSPS) is 11.0. The van der Waals surface area contributed by atoms with E-state index in [1.54, 1.807) is 7.11 Å². The number of hydrazone groups is 1. The van der Waals surface area contributed by atoms with Gasteiger partial charge in [0.1, 0.15) is 5.75 Å². The molecule has 2 aromatic carbocycles. The van der Waals surface area contributed by atoms with E-state index in [0.717, 1.165) is 34.5 Å². The minimum absolute atomic E-state index is 0.791. The van der Waals surface area contributed by atoms with Crippen molar-refractivity contribution in [3.05, 3.63) is 65.9 Å². The Hall–Kier alpha value is -2.88. The number of hydrogen-bond acceptors (Lipinski definition) is 4. The van der Waals surface area contributed by atoms with E-state index in [2.05, 4.69) is 27.6 Å². The molecule has 0 saturated carbocycles. The second-order valence-corrected chi connectivity index (χ2v) is 5.31. The number of rotatable bonds is 5. The number of aromatic nitrogens is 1. The van der Waals surface area contributed by atoms with Crippen molar-refractivity contribution in [2.24, 2.45) is 5.10 Å². The Morgan fingerprint density at radius 2 is 1.96 bits per heavy atom. The highest BCUT2D eigenvalue weighted by atomic mass is 16.5. The molecule has 1 aromatic heterocycles. The Morgan fingerprint density at radius 3 is 2.74 bits per heavy atom. The van der Waals surface area contributed by atoms with Gasteiger partial charge in [-0.05, 0) is 36.8 Å². The number of benzene rings is 2. The molecule has 3 aromatic rings. The lowest BCUT2D eigenvalue weighted by Gasteiger charge is -2.08. The van der Waals surface area contributed by atoms with E-state index in [0.29, 0.717) is 0 Å². The van der Waals surface area contributed by atoms with Crippen LogP contribution in [0, 0.1) is 6.92 Å². The molecule has 0 aliphatic heterocycles. The topological polar surface area (TPSA) is 46.5 Å². The highest BCUT2D eigenvalue weighted by Crippen LogP contribution is 2.27. The first-order valence-electron chi connectivity index (χ1n) is 7.53. The summed E-state index contributed by atoms with van der Waals surface area (Å²) in [6.07, 6.45) is 2.66.